The van der Waals surface area contributed by atoms with Gasteiger partial charge in [-0.05, 0) is 81.9 Å². The van der Waals surface area contributed by atoms with Crippen LogP contribution in [0.2, 0.25) is 0 Å². The van der Waals surface area contributed by atoms with Crippen LogP contribution in [0.3, 0.4) is 0 Å². The summed E-state index contributed by atoms with van der Waals surface area (Å²) in [6.45, 7) is 0. The highest BCUT2D eigenvalue weighted by Gasteiger charge is 2.17. The summed E-state index contributed by atoms with van der Waals surface area (Å²) in [5, 5.41) is 3.20. The second-order valence-electron chi connectivity index (χ2n) is 14.6. The Bertz CT molecular complexity index is 3250. The number of aromatic nitrogens is 5. The van der Waals surface area contributed by atoms with Crippen molar-refractivity contribution in [3.63, 3.8) is 0 Å². The van der Waals surface area contributed by atoms with E-state index in [4.69, 9.17) is 19.3 Å². The van der Waals surface area contributed by atoms with Gasteiger partial charge in [-0.1, -0.05) is 152 Å². The van der Waals surface area contributed by atoms with Gasteiger partial charge < -0.3 is 0 Å². The zero-order chi connectivity index (χ0) is 39.1. The fourth-order valence-corrected chi connectivity index (χ4v) is 8.56. The zero-order valence-corrected chi connectivity index (χ0v) is 32.5. The lowest BCUT2D eigenvalue weighted by Crippen LogP contribution is -1.97. The highest BCUT2D eigenvalue weighted by molar-refractivity contribution is 7.00. The Balaban J connectivity index is 1.07. The fourth-order valence-electron chi connectivity index (χ4n) is 8.02. The predicted octanol–water partition coefficient (Wildman–Crippen LogP) is 13.9. The molecule has 5 nitrogen and oxygen atoms in total. The molecule has 11 aromatic rings. The van der Waals surface area contributed by atoms with Crippen LogP contribution in [0, 0.1) is 0 Å². The Morgan fingerprint density at radius 1 is 0.305 bits per heavy atom. The van der Waals surface area contributed by atoms with Gasteiger partial charge in [0.25, 0.3) is 0 Å². The average Bonchev–Trinajstić information content (AvgIpc) is 3.81. The van der Waals surface area contributed by atoms with Crippen LogP contribution < -0.4 is 0 Å². The van der Waals surface area contributed by atoms with Crippen molar-refractivity contribution >= 4 is 44.4 Å². The maximum Gasteiger partial charge on any atom is 0.160 e. The van der Waals surface area contributed by atoms with Gasteiger partial charge in [0.2, 0.25) is 0 Å². The molecular formula is C53H33N5S. The Morgan fingerprint density at radius 2 is 0.831 bits per heavy atom. The number of hydrogen-bond acceptors (Lipinski definition) is 6. The first-order valence-electron chi connectivity index (χ1n) is 19.6. The smallest absolute Gasteiger partial charge is 0.160 e. The minimum atomic E-state index is 0.674. The number of fused-ring (bicyclic) bond motifs is 5. The molecule has 3 aromatic heterocycles. The van der Waals surface area contributed by atoms with Gasteiger partial charge in [-0.2, -0.15) is 8.75 Å². The lowest BCUT2D eigenvalue weighted by molar-refractivity contribution is 1.18. The van der Waals surface area contributed by atoms with E-state index in [1.165, 1.54) is 11.7 Å². The van der Waals surface area contributed by atoms with Gasteiger partial charge in [-0.25, -0.2) is 15.0 Å². The van der Waals surface area contributed by atoms with Crippen LogP contribution in [-0.4, -0.2) is 23.7 Å². The molecular weight excluding hydrogens is 739 g/mol. The molecule has 0 radical (unpaired) electrons. The summed E-state index contributed by atoms with van der Waals surface area (Å²) in [4.78, 5) is 15.8. The van der Waals surface area contributed by atoms with Gasteiger partial charge in [0.1, 0.15) is 11.0 Å². The van der Waals surface area contributed by atoms with E-state index in [1.54, 1.807) is 0 Å². The van der Waals surface area contributed by atoms with Gasteiger partial charge in [0, 0.05) is 38.4 Å². The molecule has 0 amide bonds. The third kappa shape index (κ3) is 6.52. The lowest BCUT2D eigenvalue weighted by Gasteiger charge is -2.14. The molecule has 0 fully saturated rings. The van der Waals surface area contributed by atoms with Crippen molar-refractivity contribution in [1.29, 1.82) is 0 Å². The second-order valence-corrected chi connectivity index (χ2v) is 15.1. The van der Waals surface area contributed by atoms with Crippen LogP contribution in [0.1, 0.15) is 0 Å². The second kappa shape index (κ2) is 14.7. The highest BCUT2D eigenvalue weighted by atomic mass is 32.1. The van der Waals surface area contributed by atoms with Crippen molar-refractivity contribution in [3.8, 4) is 78.5 Å². The summed E-state index contributed by atoms with van der Waals surface area (Å²) in [6.07, 6.45) is 0. The minimum Gasteiger partial charge on any atom is -0.247 e. The molecule has 8 aromatic carbocycles. The van der Waals surface area contributed by atoms with Crippen LogP contribution in [0.4, 0.5) is 0 Å². The molecule has 6 heteroatoms. The topological polar surface area (TPSA) is 64.5 Å². The zero-order valence-electron chi connectivity index (χ0n) is 31.7. The number of benzene rings is 8. The minimum absolute atomic E-state index is 0.674. The molecule has 0 aliphatic heterocycles. The van der Waals surface area contributed by atoms with Crippen LogP contribution in [-0.2, 0) is 0 Å². The third-order valence-electron chi connectivity index (χ3n) is 10.9. The summed E-state index contributed by atoms with van der Waals surface area (Å²) in [7, 11) is 0. The average molecular weight is 772 g/mol. The molecule has 0 spiro atoms. The van der Waals surface area contributed by atoms with E-state index in [0.717, 1.165) is 105 Å². The monoisotopic (exact) mass is 771 g/mol. The molecule has 276 valence electrons. The van der Waals surface area contributed by atoms with Crippen molar-refractivity contribution in [2.75, 3.05) is 0 Å². The van der Waals surface area contributed by atoms with E-state index in [-0.39, 0.29) is 0 Å². The molecule has 0 saturated carbocycles. The first kappa shape index (κ1) is 34.6. The molecule has 0 saturated heterocycles. The first-order chi connectivity index (χ1) is 29.2. The van der Waals surface area contributed by atoms with Crippen molar-refractivity contribution in [3.05, 3.63) is 200 Å². The van der Waals surface area contributed by atoms with Gasteiger partial charge >= 0.3 is 0 Å². The van der Waals surface area contributed by atoms with Crippen molar-refractivity contribution < 1.29 is 0 Å². The summed E-state index contributed by atoms with van der Waals surface area (Å²) in [5.74, 6) is 0.674. The summed E-state index contributed by atoms with van der Waals surface area (Å²) in [6, 6.07) is 69.9. The van der Waals surface area contributed by atoms with Crippen molar-refractivity contribution in [2.45, 2.75) is 0 Å². The normalized spacial score (nSPS) is 11.4. The van der Waals surface area contributed by atoms with Crippen molar-refractivity contribution in [1.82, 2.24) is 23.7 Å². The number of pyridine rings is 1. The molecule has 59 heavy (non-hydrogen) atoms. The van der Waals surface area contributed by atoms with Gasteiger partial charge in [-0.3, -0.25) is 0 Å². The number of rotatable bonds is 7. The van der Waals surface area contributed by atoms with E-state index in [0.29, 0.717) is 5.82 Å². The van der Waals surface area contributed by atoms with Gasteiger partial charge in [-0.15, -0.1) is 0 Å². The van der Waals surface area contributed by atoms with Gasteiger partial charge in [0.15, 0.2) is 5.82 Å². The van der Waals surface area contributed by atoms with Crippen LogP contribution in [0.25, 0.3) is 111 Å². The van der Waals surface area contributed by atoms with Crippen LogP contribution in [0.5, 0.6) is 0 Å². The van der Waals surface area contributed by atoms with Gasteiger partial charge in [0.05, 0.1) is 34.3 Å². The quantitative estimate of drug-likeness (QED) is 0.151. The molecule has 11 rings (SSSR count). The molecule has 0 N–H and O–H groups in total. The van der Waals surface area contributed by atoms with E-state index in [9.17, 15) is 0 Å². The predicted molar refractivity (Wildman–Crippen MR) is 244 cm³/mol. The maximum atomic E-state index is 5.31. The standard InChI is InChI=1S/C53H33N5S/c1-5-14-34(15-6-1)41-29-42(35-16-7-2-8-17-35)31-43(30-41)48-33-47(55-53(56-48)37-20-11-4-12-21-37)40-23-13-22-38(28-40)39-24-25-44-49(32-39)54-51(36-18-9-3-10-19-36)45-26-27-46-52(50(44)45)58-59-57-46/h1-33H. The van der Waals surface area contributed by atoms with E-state index in [1.807, 2.05) is 30.3 Å². The van der Waals surface area contributed by atoms with Crippen LogP contribution in [0.15, 0.2) is 200 Å². The first-order valence-corrected chi connectivity index (χ1v) is 20.3. The Hall–Kier alpha value is -7.67. The Kier molecular flexibility index (Phi) is 8.60. The van der Waals surface area contributed by atoms with E-state index in [2.05, 4.69) is 174 Å². The molecule has 0 unspecified atom stereocenters. The van der Waals surface area contributed by atoms with E-state index >= 15 is 0 Å². The fraction of sp³-hybridized carbons (Fsp3) is 0. The molecule has 0 atom stereocenters. The molecule has 0 bridgehead atoms. The summed E-state index contributed by atoms with van der Waals surface area (Å²) >= 11 is 1.24. The number of nitrogens with zero attached hydrogens (tertiary/aromatic N) is 5. The van der Waals surface area contributed by atoms with E-state index < -0.39 is 0 Å². The highest BCUT2D eigenvalue weighted by Crippen LogP contribution is 2.39. The third-order valence-corrected chi connectivity index (χ3v) is 11.5. The largest absolute Gasteiger partial charge is 0.247 e. The lowest BCUT2D eigenvalue weighted by atomic mass is 9.94. The van der Waals surface area contributed by atoms with Crippen molar-refractivity contribution in [2.24, 2.45) is 0 Å². The molecule has 0 aliphatic rings. The SMILES string of the molecule is c1ccc(-c2cc(-c3ccccc3)cc(-c3cc(-c4cccc(-c5ccc6c(c5)nc(-c5ccccc5)c5ccc7nsnc7c56)c4)nc(-c4ccccc4)n3)c2)cc1. The Labute approximate surface area is 345 Å². The Morgan fingerprint density at radius 3 is 1.51 bits per heavy atom. The molecule has 0 aliphatic carbocycles. The maximum absolute atomic E-state index is 5.31. The summed E-state index contributed by atoms with van der Waals surface area (Å²) in [5.41, 5.74) is 16.1. The van der Waals surface area contributed by atoms with Crippen LogP contribution >= 0.6 is 11.7 Å². The molecule has 3 heterocycles. The summed E-state index contributed by atoms with van der Waals surface area (Å²) < 4.78 is 9.31. The number of hydrogen-bond donors (Lipinski definition) is 0.